The van der Waals surface area contributed by atoms with Crippen molar-refractivity contribution in [1.82, 2.24) is 9.62 Å². The SMILES string of the molecule is CCC[S+]([O-])N1CCNCC1CCc1c(F)cccc1NC(=O)CC(c1ccc(F)cc1)C1CCOC(C)C1. The second-order valence-electron chi connectivity index (χ2n) is 10.7. The Morgan fingerprint density at radius 2 is 2.05 bits per heavy atom. The molecule has 2 aliphatic rings. The molecular weight excluding hydrogens is 520 g/mol. The number of rotatable bonds is 11. The van der Waals surface area contributed by atoms with Crippen LogP contribution in [0.2, 0.25) is 0 Å². The number of anilines is 1. The summed E-state index contributed by atoms with van der Waals surface area (Å²) in [6.07, 6.45) is 3.87. The Labute approximate surface area is 234 Å². The first kappa shape index (κ1) is 29.9. The maximum atomic E-state index is 15.0. The van der Waals surface area contributed by atoms with Crippen molar-refractivity contribution in [3.63, 3.8) is 0 Å². The Kier molecular flexibility index (Phi) is 11.2. The summed E-state index contributed by atoms with van der Waals surface area (Å²) >= 11 is -1.05. The maximum absolute atomic E-state index is 15.0. The third kappa shape index (κ3) is 8.24. The Morgan fingerprint density at radius 3 is 2.79 bits per heavy atom. The zero-order chi connectivity index (χ0) is 27.8. The predicted molar refractivity (Wildman–Crippen MR) is 152 cm³/mol. The number of hydrogen-bond donors (Lipinski definition) is 2. The second-order valence-corrected chi connectivity index (χ2v) is 12.2. The van der Waals surface area contributed by atoms with Crippen molar-refractivity contribution < 1.29 is 22.9 Å². The highest BCUT2D eigenvalue weighted by Gasteiger charge is 2.32. The van der Waals surface area contributed by atoms with Crippen LogP contribution in [0.5, 0.6) is 0 Å². The first-order valence-corrected chi connectivity index (χ1v) is 15.4. The summed E-state index contributed by atoms with van der Waals surface area (Å²) in [7, 11) is 0. The van der Waals surface area contributed by atoms with E-state index in [1.165, 1.54) is 18.2 Å². The van der Waals surface area contributed by atoms with Gasteiger partial charge in [-0.25, -0.2) is 8.78 Å². The van der Waals surface area contributed by atoms with E-state index in [9.17, 15) is 13.7 Å². The smallest absolute Gasteiger partial charge is 0.225 e. The molecule has 2 fully saturated rings. The van der Waals surface area contributed by atoms with Crippen LogP contribution in [0, 0.1) is 17.6 Å². The lowest BCUT2D eigenvalue weighted by atomic mass is 9.77. The maximum Gasteiger partial charge on any atom is 0.225 e. The summed E-state index contributed by atoms with van der Waals surface area (Å²) in [5, 5.41) is 6.34. The number of halogens is 2. The molecule has 2 aromatic carbocycles. The quantitative estimate of drug-likeness (QED) is 0.370. The van der Waals surface area contributed by atoms with Crippen LogP contribution in [-0.4, -0.2) is 58.9 Å². The van der Waals surface area contributed by atoms with Gasteiger partial charge in [-0.1, -0.05) is 25.1 Å². The fourth-order valence-corrected chi connectivity index (χ4v) is 7.25. The lowest BCUT2D eigenvalue weighted by Crippen LogP contribution is -2.54. The third-order valence-electron chi connectivity index (χ3n) is 7.86. The number of carbonyl (C=O) groups is 1. The fourth-order valence-electron chi connectivity index (χ4n) is 5.86. The summed E-state index contributed by atoms with van der Waals surface area (Å²) in [5.74, 6) is -0.1000. The van der Waals surface area contributed by atoms with Crippen molar-refractivity contribution in [2.45, 2.75) is 70.4 Å². The predicted octanol–water partition coefficient (Wildman–Crippen LogP) is 5.17. The highest BCUT2D eigenvalue weighted by Crippen LogP contribution is 2.37. The molecule has 2 saturated heterocycles. The van der Waals surface area contributed by atoms with Gasteiger partial charge in [0.05, 0.1) is 18.7 Å². The Hall–Kier alpha value is -2.04. The molecule has 4 rings (SSSR count). The monoisotopic (exact) mass is 561 g/mol. The molecule has 214 valence electrons. The molecule has 6 nitrogen and oxygen atoms in total. The molecule has 39 heavy (non-hydrogen) atoms. The first-order chi connectivity index (χ1) is 18.9. The fraction of sp³-hybridized carbons (Fsp3) is 0.567. The topological polar surface area (TPSA) is 76.7 Å². The van der Waals surface area contributed by atoms with Crippen molar-refractivity contribution >= 4 is 23.0 Å². The van der Waals surface area contributed by atoms with Crippen molar-refractivity contribution in [2.75, 3.05) is 37.3 Å². The summed E-state index contributed by atoms with van der Waals surface area (Å²) in [6, 6.07) is 11.2. The summed E-state index contributed by atoms with van der Waals surface area (Å²) in [6.45, 7) is 6.88. The minimum Gasteiger partial charge on any atom is -0.598 e. The average molecular weight is 562 g/mol. The van der Waals surface area contributed by atoms with Crippen LogP contribution in [0.1, 0.15) is 63.0 Å². The molecule has 0 aromatic heterocycles. The van der Waals surface area contributed by atoms with Crippen LogP contribution >= 0.6 is 0 Å². The first-order valence-electron chi connectivity index (χ1n) is 14.2. The van der Waals surface area contributed by atoms with Gasteiger partial charge in [-0.2, -0.15) is 0 Å². The highest BCUT2D eigenvalue weighted by atomic mass is 32.2. The molecule has 5 unspecified atom stereocenters. The van der Waals surface area contributed by atoms with E-state index in [1.807, 2.05) is 18.2 Å². The van der Waals surface area contributed by atoms with E-state index < -0.39 is 11.4 Å². The Morgan fingerprint density at radius 1 is 1.26 bits per heavy atom. The molecule has 0 radical (unpaired) electrons. The third-order valence-corrected chi connectivity index (χ3v) is 9.62. The van der Waals surface area contributed by atoms with E-state index in [2.05, 4.69) is 10.6 Å². The van der Waals surface area contributed by atoms with E-state index in [1.54, 1.807) is 24.3 Å². The van der Waals surface area contributed by atoms with Crippen LogP contribution < -0.4 is 10.6 Å². The molecule has 0 spiro atoms. The molecule has 0 aliphatic carbocycles. The molecule has 5 atom stereocenters. The van der Waals surface area contributed by atoms with Crippen molar-refractivity contribution in [3.8, 4) is 0 Å². The van der Waals surface area contributed by atoms with E-state index >= 15 is 4.39 Å². The molecule has 2 heterocycles. The largest absolute Gasteiger partial charge is 0.598 e. The summed E-state index contributed by atoms with van der Waals surface area (Å²) < 4.78 is 49.2. The van der Waals surface area contributed by atoms with Crippen LogP contribution in [0.3, 0.4) is 0 Å². The molecule has 0 saturated carbocycles. The number of ether oxygens (including phenoxy) is 1. The van der Waals surface area contributed by atoms with Crippen molar-refractivity contribution in [1.29, 1.82) is 0 Å². The van der Waals surface area contributed by atoms with Gasteiger partial charge in [0.25, 0.3) is 0 Å². The van der Waals surface area contributed by atoms with Crippen molar-refractivity contribution in [3.05, 3.63) is 65.2 Å². The van der Waals surface area contributed by atoms with Gasteiger partial charge in [0.2, 0.25) is 5.91 Å². The van der Waals surface area contributed by atoms with Gasteiger partial charge in [0.15, 0.2) is 0 Å². The van der Waals surface area contributed by atoms with Crippen LogP contribution in [0.25, 0.3) is 0 Å². The lowest BCUT2D eigenvalue weighted by Gasteiger charge is -2.35. The Balaban J connectivity index is 1.46. The minimum absolute atomic E-state index is 0.0349. The van der Waals surface area contributed by atoms with Crippen LogP contribution in [-0.2, 0) is 27.3 Å². The number of amides is 1. The van der Waals surface area contributed by atoms with E-state index in [-0.39, 0.29) is 47.9 Å². The zero-order valence-electron chi connectivity index (χ0n) is 23.0. The standard InChI is InChI=1S/C30H41F2N3O3S/c1-3-17-39(37)35-15-14-33-20-25(35)11-12-26-28(32)5-4-6-29(26)34-30(36)19-27(22-7-9-24(31)10-8-22)23-13-16-38-21(2)18-23/h4-10,21,23,25,27,33H,3,11-20H2,1-2H3,(H,34,36). The van der Waals surface area contributed by atoms with Gasteiger partial charge in [-0.3, -0.25) is 4.79 Å². The van der Waals surface area contributed by atoms with E-state index in [0.29, 0.717) is 49.5 Å². The molecule has 2 N–H and O–H groups in total. The normalized spacial score (nSPS) is 23.8. The molecular formula is C30H41F2N3O3S. The second kappa shape index (κ2) is 14.6. The number of piperazine rings is 1. The van der Waals surface area contributed by atoms with Crippen LogP contribution in [0.15, 0.2) is 42.5 Å². The molecule has 9 heteroatoms. The summed E-state index contributed by atoms with van der Waals surface area (Å²) in [5.41, 5.74) is 1.87. The molecule has 2 aromatic rings. The van der Waals surface area contributed by atoms with Gasteiger partial charge in [0, 0.05) is 48.7 Å². The van der Waals surface area contributed by atoms with Gasteiger partial charge < -0.3 is 19.9 Å². The van der Waals surface area contributed by atoms with Crippen molar-refractivity contribution in [2.24, 2.45) is 5.92 Å². The minimum atomic E-state index is -1.05. The number of benzene rings is 2. The summed E-state index contributed by atoms with van der Waals surface area (Å²) in [4.78, 5) is 13.4. The number of hydrogen-bond acceptors (Lipinski definition) is 5. The van der Waals surface area contributed by atoms with E-state index in [0.717, 1.165) is 31.4 Å². The number of nitrogens with one attached hydrogen (secondary N) is 2. The average Bonchev–Trinajstić information content (AvgIpc) is 2.92. The number of carbonyl (C=O) groups excluding carboxylic acids is 1. The Bertz CT molecular complexity index is 1070. The van der Waals surface area contributed by atoms with Gasteiger partial charge >= 0.3 is 0 Å². The lowest BCUT2D eigenvalue weighted by molar-refractivity contribution is -0.117. The molecule has 2 aliphatic heterocycles. The molecule has 0 bridgehead atoms. The number of nitrogens with zero attached hydrogens (tertiary/aromatic N) is 1. The van der Waals surface area contributed by atoms with Gasteiger partial charge in [-0.05, 0) is 80.7 Å². The molecule has 1 amide bonds. The van der Waals surface area contributed by atoms with Crippen LogP contribution in [0.4, 0.5) is 14.5 Å². The highest BCUT2D eigenvalue weighted by molar-refractivity contribution is 7.89. The van der Waals surface area contributed by atoms with Gasteiger partial charge in [0.1, 0.15) is 17.4 Å². The zero-order valence-corrected chi connectivity index (χ0v) is 23.8. The van der Waals surface area contributed by atoms with Gasteiger partial charge in [-0.15, -0.1) is 4.31 Å². The van der Waals surface area contributed by atoms with E-state index in [4.69, 9.17) is 4.74 Å².